The normalized spacial score (nSPS) is 13.6. The molecule has 25 heavy (non-hydrogen) atoms. The van der Waals surface area contributed by atoms with Crippen LogP contribution in [0.5, 0.6) is 0 Å². The average Bonchev–Trinajstić information content (AvgIpc) is 3.04. The van der Waals surface area contributed by atoms with Gasteiger partial charge in [-0.1, -0.05) is 54.9 Å². The maximum absolute atomic E-state index is 12.6. The highest BCUT2D eigenvalue weighted by Crippen LogP contribution is 2.36. The third-order valence-electron chi connectivity index (χ3n) is 4.69. The van der Waals surface area contributed by atoms with Crippen molar-refractivity contribution < 1.29 is 4.79 Å². The number of aromatic amines is 1. The van der Waals surface area contributed by atoms with E-state index < -0.39 is 0 Å². The third kappa shape index (κ3) is 3.88. The van der Waals surface area contributed by atoms with Crippen LogP contribution >= 0.6 is 11.6 Å². The first-order valence-electron chi connectivity index (χ1n) is 8.70. The largest absolute Gasteiger partial charge is 0.361 e. The summed E-state index contributed by atoms with van der Waals surface area (Å²) < 4.78 is 0. The highest BCUT2D eigenvalue weighted by atomic mass is 35.5. The summed E-state index contributed by atoms with van der Waals surface area (Å²) in [7, 11) is 0. The minimum atomic E-state index is -0.0890. The van der Waals surface area contributed by atoms with Gasteiger partial charge in [0.1, 0.15) is 0 Å². The number of benzene rings is 2. The van der Waals surface area contributed by atoms with E-state index in [1.54, 1.807) is 0 Å². The maximum atomic E-state index is 12.6. The van der Waals surface area contributed by atoms with E-state index in [0.29, 0.717) is 11.4 Å². The summed E-state index contributed by atoms with van der Waals surface area (Å²) in [6.07, 6.45) is 3.28. The van der Waals surface area contributed by atoms with Crippen LogP contribution in [0.25, 0.3) is 10.9 Å². The van der Waals surface area contributed by atoms with Crippen LogP contribution in [0.4, 0.5) is 0 Å². The van der Waals surface area contributed by atoms with Gasteiger partial charge in [0.25, 0.3) is 0 Å². The Morgan fingerprint density at radius 1 is 1.12 bits per heavy atom. The SMILES string of the molecule is CC[C@@H](C)NC(=O)C[C@H](c1ccccc1Cl)c1c[nH]c2ccccc12. The van der Waals surface area contributed by atoms with Crippen LogP contribution in [0.15, 0.2) is 54.7 Å². The van der Waals surface area contributed by atoms with Crippen molar-refractivity contribution in [2.75, 3.05) is 0 Å². The molecule has 0 spiro atoms. The molecule has 0 saturated carbocycles. The van der Waals surface area contributed by atoms with E-state index in [2.05, 4.69) is 23.3 Å². The fraction of sp³-hybridized carbons (Fsp3) is 0.286. The molecule has 2 N–H and O–H groups in total. The Morgan fingerprint density at radius 2 is 1.84 bits per heavy atom. The summed E-state index contributed by atoms with van der Waals surface area (Å²) in [5.74, 6) is -0.0431. The first-order chi connectivity index (χ1) is 12.1. The number of amides is 1. The van der Waals surface area contributed by atoms with Gasteiger partial charge in [-0.15, -0.1) is 0 Å². The second kappa shape index (κ2) is 7.75. The summed E-state index contributed by atoms with van der Waals surface area (Å²) >= 11 is 6.46. The van der Waals surface area contributed by atoms with Crippen LogP contribution in [0.2, 0.25) is 5.02 Å². The van der Waals surface area contributed by atoms with Crippen molar-refractivity contribution in [1.29, 1.82) is 0 Å². The lowest BCUT2D eigenvalue weighted by molar-refractivity contribution is -0.121. The number of aromatic nitrogens is 1. The molecule has 2 atom stereocenters. The van der Waals surface area contributed by atoms with Crippen molar-refractivity contribution in [1.82, 2.24) is 10.3 Å². The lowest BCUT2D eigenvalue weighted by Crippen LogP contribution is -2.33. The molecule has 0 unspecified atom stereocenters. The molecule has 0 fully saturated rings. The molecule has 0 aliphatic carbocycles. The molecule has 3 nitrogen and oxygen atoms in total. The molecular formula is C21H23ClN2O. The molecule has 0 radical (unpaired) electrons. The zero-order valence-corrected chi connectivity index (χ0v) is 15.3. The van der Waals surface area contributed by atoms with Crippen LogP contribution in [0, 0.1) is 0 Å². The lowest BCUT2D eigenvalue weighted by Gasteiger charge is -2.20. The van der Waals surface area contributed by atoms with Crippen LogP contribution in [0.3, 0.4) is 0 Å². The van der Waals surface area contributed by atoms with Crippen molar-refractivity contribution in [3.63, 3.8) is 0 Å². The van der Waals surface area contributed by atoms with E-state index in [-0.39, 0.29) is 17.9 Å². The van der Waals surface area contributed by atoms with Crippen molar-refractivity contribution in [3.05, 3.63) is 70.9 Å². The van der Waals surface area contributed by atoms with E-state index in [1.165, 1.54) is 0 Å². The van der Waals surface area contributed by atoms with Gasteiger partial charge in [0.2, 0.25) is 5.91 Å². The number of hydrogen-bond acceptors (Lipinski definition) is 1. The number of halogens is 1. The Kier molecular flexibility index (Phi) is 5.44. The van der Waals surface area contributed by atoms with E-state index in [1.807, 2.05) is 55.6 Å². The second-order valence-electron chi connectivity index (χ2n) is 6.44. The molecule has 0 saturated heterocycles. The van der Waals surface area contributed by atoms with Crippen LogP contribution in [-0.4, -0.2) is 16.9 Å². The van der Waals surface area contributed by atoms with Gasteiger partial charge in [-0.3, -0.25) is 4.79 Å². The smallest absolute Gasteiger partial charge is 0.221 e. The molecule has 1 amide bonds. The first kappa shape index (κ1) is 17.6. The lowest BCUT2D eigenvalue weighted by atomic mass is 9.88. The van der Waals surface area contributed by atoms with Gasteiger partial charge >= 0.3 is 0 Å². The number of carbonyl (C=O) groups excluding carboxylic acids is 1. The predicted molar refractivity (Wildman–Crippen MR) is 104 cm³/mol. The summed E-state index contributed by atoms with van der Waals surface area (Å²) in [4.78, 5) is 15.9. The van der Waals surface area contributed by atoms with Gasteiger partial charge in [-0.2, -0.15) is 0 Å². The number of H-pyrrole nitrogens is 1. The van der Waals surface area contributed by atoms with E-state index in [4.69, 9.17) is 11.6 Å². The molecule has 0 aliphatic heterocycles. The maximum Gasteiger partial charge on any atom is 0.221 e. The molecule has 0 aliphatic rings. The zero-order chi connectivity index (χ0) is 17.8. The number of rotatable bonds is 6. The van der Waals surface area contributed by atoms with Crippen molar-refractivity contribution in [2.45, 2.75) is 38.6 Å². The Hall–Kier alpha value is -2.26. The quantitative estimate of drug-likeness (QED) is 0.623. The molecule has 2 aromatic carbocycles. The predicted octanol–water partition coefficient (Wildman–Crippen LogP) is 5.26. The monoisotopic (exact) mass is 354 g/mol. The molecule has 130 valence electrons. The third-order valence-corrected chi connectivity index (χ3v) is 5.03. The summed E-state index contributed by atoms with van der Waals surface area (Å²) in [5.41, 5.74) is 3.15. The summed E-state index contributed by atoms with van der Waals surface area (Å²) in [5, 5.41) is 4.88. The Balaban J connectivity index is 2.01. The molecule has 1 aromatic heterocycles. The van der Waals surface area contributed by atoms with Crippen molar-refractivity contribution in [3.8, 4) is 0 Å². The topological polar surface area (TPSA) is 44.9 Å². The first-order valence-corrected chi connectivity index (χ1v) is 9.07. The standard InChI is InChI=1S/C21H23ClN2O/c1-3-14(2)24-21(25)12-17(15-8-4-6-10-19(15)22)18-13-23-20-11-7-5-9-16(18)20/h4-11,13-14,17,23H,3,12H2,1-2H3,(H,24,25)/t14-,17-/m1/s1. The van der Waals surface area contributed by atoms with E-state index in [9.17, 15) is 4.79 Å². The number of para-hydroxylation sites is 1. The molecule has 1 heterocycles. The number of nitrogens with one attached hydrogen (secondary N) is 2. The van der Waals surface area contributed by atoms with E-state index in [0.717, 1.165) is 28.5 Å². The Labute approximate surface area is 153 Å². The fourth-order valence-corrected chi connectivity index (χ4v) is 3.42. The van der Waals surface area contributed by atoms with Gasteiger partial charge < -0.3 is 10.3 Å². The van der Waals surface area contributed by atoms with Crippen molar-refractivity contribution >= 4 is 28.4 Å². The van der Waals surface area contributed by atoms with Gasteiger partial charge in [0.15, 0.2) is 0 Å². The Morgan fingerprint density at radius 3 is 2.60 bits per heavy atom. The average molecular weight is 355 g/mol. The molecule has 3 aromatic rings. The Bertz CT molecular complexity index is 871. The zero-order valence-electron chi connectivity index (χ0n) is 14.6. The van der Waals surface area contributed by atoms with Crippen LogP contribution in [-0.2, 0) is 4.79 Å². The van der Waals surface area contributed by atoms with Crippen LogP contribution in [0.1, 0.15) is 43.7 Å². The van der Waals surface area contributed by atoms with Gasteiger partial charge in [0.05, 0.1) is 0 Å². The minimum Gasteiger partial charge on any atom is -0.361 e. The highest BCUT2D eigenvalue weighted by molar-refractivity contribution is 6.31. The van der Waals surface area contributed by atoms with Gasteiger partial charge in [-0.25, -0.2) is 0 Å². The van der Waals surface area contributed by atoms with Gasteiger partial charge in [0, 0.05) is 40.5 Å². The molecule has 0 bridgehead atoms. The number of fused-ring (bicyclic) bond motifs is 1. The molecule has 3 rings (SSSR count). The fourth-order valence-electron chi connectivity index (χ4n) is 3.15. The van der Waals surface area contributed by atoms with Gasteiger partial charge in [-0.05, 0) is 36.6 Å². The number of hydrogen-bond donors (Lipinski definition) is 2. The summed E-state index contributed by atoms with van der Waals surface area (Å²) in [6.45, 7) is 4.09. The minimum absolute atomic E-state index is 0.0459. The van der Waals surface area contributed by atoms with E-state index >= 15 is 0 Å². The molecular weight excluding hydrogens is 332 g/mol. The van der Waals surface area contributed by atoms with Crippen molar-refractivity contribution in [2.24, 2.45) is 0 Å². The number of carbonyl (C=O) groups is 1. The van der Waals surface area contributed by atoms with Crippen LogP contribution < -0.4 is 5.32 Å². The molecule has 4 heteroatoms. The summed E-state index contributed by atoms with van der Waals surface area (Å²) in [6, 6.07) is 16.1. The second-order valence-corrected chi connectivity index (χ2v) is 6.85. The highest BCUT2D eigenvalue weighted by Gasteiger charge is 2.23.